The Morgan fingerprint density at radius 1 is 1.19 bits per heavy atom. The van der Waals surface area contributed by atoms with Gasteiger partial charge >= 0.3 is 0 Å². The van der Waals surface area contributed by atoms with Crippen molar-refractivity contribution in [1.82, 2.24) is 15.5 Å². The quantitative estimate of drug-likeness (QED) is 0.624. The monoisotopic (exact) mass is 378 g/mol. The molecule has 26 heavy (non-hydrogen) atoms. The van der Waals surface area contributed by atoms with Crippen LogP contribution in [-0.2, 0) is 0 Å². The van der Waals surface area contributed by atoms with Gasteiger partial charge < -0.3 is 15.5 Å². The van der Waals surface area contributed by atoms with Gasteiger partial charge in [0.05, 0.1) is 0 Å². The maximum Gasteiger partial charge on any atom is 0.191 e. The minimum atomic E-state index is -0.210. The number of fused-ring (bicyclic) bond motifs is 2. The Kier molecular flexibility index (Phi) is 5.11. The Morgan fingerprint density at radius 3 is 2.58 bits per heavy atom. The Bertz CT molecular complexity index is 660. The van der Waals surface area contributed by atoms with Gasteiger partial charge in [-0.2, -0.15) is 0 Å². The van der Waals surface area contributed by atoms with Gasteiger partial charge in [-0.3, -0.25) is 4.99 Å². The van der Waals surface area contributed by atoms with Crippen LogP contribution in [0.4, 0.5) is 4.39 Å². The molecule has 3 aliphatic rings. The first kappa shape index (κ1) is 18.1. The van der Waals surface area contributed by atoms with E-state index in [0.717, 1.165) is 12.4 Å². The SMILES string of the molecule is CN=C(NC1CC2CCCC(C1)N2C)NC1CC1c1c(F)cccc1Cl. The van der Waals surface area contributed by atoms with Gasteiger partial charge in [0.25, 0.3) is 0 Å². The molecular weight excluding hydrogens is 351 g/mol. The second kappa shape index (κ2) is 7.35. The standard InChI is InChI=1S/C20H28ClFN4/c1-23-20(24-12-9-13-5-3-6-14(10-12)26(13)2)25-18-11-15(18)19-16(21)7-4-8-17(19)22/h4,7-8,12-15,18H,3,5-6,9-11H2,1-2H3,(H2,23,24,25). The van der Waals surface area contributed by atoms with Crippen LogP contribution in [0, 0.1) is 5.82 Å². The summed E-state index contributed by atoms with van der Waals surface area (Å²) in [6, 6.07) is 6.93. The third-order valence-electron chi connectivity index (χ3n) is 6.39. The zero-order valence-corrected chi connectivity index (χ0v) is 16.3. The number of nitrogens with one attached hydrogen (secondary N) is 2. The zero-order chi connectivity index (χ0) is 18.3. The number of guanidine groups is 1. The highest BCUT2D eigenvalue weighted by atomic mass is 35.5. The Hall–Kier alpha value is -1.33. The van der Waals surface area contributed by atoms with Crippen molar-refractivity contribution in [2.75, 3.05) is 14.1 Å². The molecule has 4 nitrogen and oxygen atoms in total. The van der Waals surface area contributed by atoms with Gasteiger partial charge in [0.15, 0.2) is 5.96 Å². The first-order valence-corrected chi connectivity index (χ1v) is 10.1. The minimum Gasteiger partial charge on any atom is -0.354 e. The van der Waals surface area contributed by atoms with E-state index in [0.29, 0.717) is 28.7 Å². The van der Waals surface area contributed by atoms with Crippen molar-refractivity contribution in [2.24, 2.45) is 4.99 Å². The largest absolute Gasteiger partial charge is 0.354 e. The normalized spacial score (nSPS) is 34.5. The molecule has 2 saturated heterocycles. The molecule has 142 valence electrons. The Labute approximate surface area is 160 Å². The summed E-state index contributed by atoms with van der Waals surface area (Å²) in [4.78, 5) is 6.97. The minimum absolute atomic E-state index is 0.124. The van der Waals surface area contributed by atoms with Crippen molar-refractivity contribution in [3.05, 3.63) is 34.6 Å². The summed E-state index contributed by atoms with van der Waals surface area (Å²) in [7, 11) is 4.07. The summed E-state index contributed by atoms with van der Waals surface area (Å²) in [5, 5.41) is 7.60. The maximum atomic E-state index is 14.1. The van der Waals surface area contributed by atoms with Crippen molar-refractivity contribution < 1.29 is 4.39 Å². The molecule has 0 spiro atoms. The number of hydrogen-bond acceptors (Lipinski definition) is 2. The molecule has 1 aliphatic carbocycles. The van der Waals surface area contributed by atoms with E-state index in [-0.39, 0.29) is 17.8 Å². The number of aliphatic imine (C=N–C) groups is 1. The van der Waals surface area contributed by atoms with Crippen LogP contribution in [-0.4, -0.2) is 49.1 Å². The number of nitrogens with zero attached hydrogens (tertiary/aromatic N) is 2. The van der Waals surface area contributed by atoms with Crippen LogP contribution >= 0.6 is 11.6 Å². The van der Waals surface area contributed by atoms with E-state index >= 15 is 0 Å². The van der Waals surface area contributed by atoms with Crippen molar-refractivity contribution in [3.63, 3.8) is 0 Å². The van der Waals surface area contributed by atoms with Gasteiger partial charge in [-0.05, 0) is 51.3 Å². The summed E-state index contributed by atoms with van der Waals surface area (Å²) in [6.07, 6.45) is 7.18. The van der Waals surface area contributed by atoms with Gasteiger partial charge in [-0.25, -0.2) is 4.39 Å². The molecule has 1 saturated carbocycles. The van der Waals surface area contributed by atoms with Crippen LogP contribution in [0.2, 0.25) is 5.02 Å². The zero-order valence-electron chi connectivity index (χ0n) is 15.5. The lowest BCUT2D eigenvalue weighted by molar-refractivity contribution is 0.0526. The number of benzene rings is 1. The highest BCUT2D eigenvalue weighted by Gasteiger charge is 2.42. The number of halogens is 2. The van der Waals surface area contributed by atoms with Crippen LogP contribution in [0.15, 0.2) is 23.2 Å². The van der Waals surface area contributed by atoms with E-state index in [9.17, 15) is 4.39 Å². The van der Waals surface area contributed by atoms with E-state index in [1.165, 1.54) is 38.2 Å². The number of piperidine rings is 2. The third kappa shape index (κ3) is 3.56. The van der Waals surface area contributed by atoms with Crippen LogP contribution in [0.25, 0.3) is 0 Å². The summed E-state index contributed by atoms with van der Waals surface area (Å²) in [6.45, 7) is 0. The van der Waals surface area contributed by atoms with Gasteiger partial charge in [0.2, 0.25) is 0 Å². The average molecular weight is 379 g/mol. The summed E-state index contributed by atoms with van der Waals surface area (Å²) < 4.78 is 14.1. The molecule has 1 aromatic rings. The van der Waals surface area contributed by atoms with Gasteiger partial charge in [0, 0.05) is 47.7 Å². The number of rotatable bonds is 3. The van der Waals surface area contributed by atoms with E-state index < -0.39 is 0 Å². The fourth-order valence-corrected chi connectivity index (χ4v) is 5.12. The van der Waals surface area contributed by atoms with Crippen LogP contribution in [0.3, 0.4) is 0 Å². The highest BCUT2D eigenvalue weighted by Crippen LogP contribution is 2.45. The molecule has 2 heterocycles. The first-order valence-electron chi connectivity index (χ1n) is 9.72. The summed E-state index contributed by atoms with van der Waals surface area (Å²) >= 11 is 6.21. The molecule has 4 atom stereocenters. The molecule has 0 aromatic heterocycles. The second-order valence-electron chi connectivity index (χ2n) is 8.02. The van der Waals surface area contributed by atoms with Crippen LogP contribution in [0.1, 0.15) is 50.0 Å². The smallest absolute Gasteiger partial charge is 0.191 e. The Morgan fingerprint density at radius 2 is 1.92 bits per heavy atom. The van der Waals surface area contributed by atoms with Crippen LogP contribution in [0.5, 0.6) is 0 Å². The van der Waals surface area contributed by atoms with E-state index in [1.807, 2.05) is 0 Å². The molecule has 2 aliphatic heterocycles. The molecule has 4 rings (SSSR count). The summed E-state index contributed by atoms with van der Waals surface area (Å²) in [5.41, 5.74) is 0.635. The van der Waals surface area contributed by atoms with Gasteiger partial charge in [-0.15, -0.1) is 0 Å². The fraction of sp³-hybridized carbons (Fsp3) is 0.650. The molecule has 4 unspecified atom stereocenters. The van der Waals surface area contributed by atoms with Gasteiger partial charge in [-0.1, -0.05) is 24.1 Å². The lowest BCUT2D eigenvalue weighted by Gasteiger charge is -2.47. The van der Waals surface area contributed by atoms with E-state index in [4.69, 9.17) is 11.6 Å². The van der Waals surface area contributed by atoms with Crippen LogP contribution < -0.4 is 10.6 Å². The second-order valence-corrected chi connectivity index (χ2v) is 8.42. The maximum absolute atomic E-state index is 14.1. The molecule has 3 fully saturated rings. The lowest BCUT2D eigenvalue weighted by atomic mass is 9.82. The highest BCUT2D eigenvalue weighted by molar-refractivity contribution is 6.31. The summed E-state index contributed by atoms with van der Waals surface area (Å²) in [5.74, 6) is 0.745. The molecule has 0 amide bonds. The Balaban J connectivity index is 1.35. The van der Waals surface area contributed by atoms with Gasteiger partial charge in [0.1, 0.15) is 5.82 Å². The first-order chi connectivity index (χ1) is 12.6. The van der Waals surface area contributed by atoms with E-state index in [2.05, 4.69) is 27.6 Å². The lowest BCUT2D eigenvalue weighted by Crippen LogP contribution is -2.56. The predicted octanol–water partition coefficient (Wildman–Crippen LogP) is 3.52. The van der Waals surface area contributed by atoms with Crippen molar-refractivity contribution in [2.45, 2.75) is 68.6 Å². The third-order valence-corrected chi connectivity index (χ3v) is 6.72. The predicted molar refractivity (Wildman–Crippen MR) is 104 cm³/mol. The van der Waals surface area contributed by atoms with Crippen molar-refractivity contribution in [3.8, 4) is 0 Å². The average Bonchev–Trinajstić information content (AvgIpc) is 3.33. The molecule has 0 radical (unpaired) electrons. The number of hydrogen-bond donors (Lipinski definition) is 2. The topological polar surface area (TPSA) is 39.7 Å². The molecule has 2 N–H and O–H groups in total. The van der Waals surface area contributed by atoms with E-state index in [1.54, 1.807) is 19.2 Å². The van der Waals surface area contributed by atoms with Crippen molar-refractivity contribution in [1.29, 1.82) is 0 Å². The molecular formula is C20H28ClFN4. The van der Waals surface area contributed by atoms with Crippen molar-refractivity contribution >= 4 is 17.6 Å². The molecule has 2 bridgehead atoms. The molecule has 1 aromatic carbocycles. The molecule has 6 heteroatoms. The fourth-order valence-electron chi connectivity index (χ4n) is 4.81.